The van der Waals surface area contributed by atoms with Crippen LogP contribution in [0.2, 0.25) is 0 Å². The summed E-state index contributed by atoms with van der Waals surface area (Å²) in [5, 5.41) is 9.07. The number of nitrogens with zero attached hydrogens (tertiary/aromatic N) is 1. The standard InChI is InChI=1S/C17H12F3NO3/c1-23-16-12(9-22)3-2-4-15(16)13-5-11(8-21)6-14(7-13)24-10-17(18,19)20/h2-7,9H,10H2,1H3. The van der Waals surface area contributed by atoms with Crippen molar-refractivity contribution >= 4 is 6.29 Å². The lowest BCUT2D eigenvalue weighted by molar-refractivity contribution is -0.153. The monoisotopic (exact) mass is 335 g/mol. The van der Waals surface area contributed by atoms with E-state index in [4.69, 9.17) is 14.7 Å². The Hall–Kier alpha value is -3.01. The van der Waals surface area contributed by atoms with Crippen LogP contribution >= 0.6 is 0 Å². The number of carbonyl (C=O) groups is 1. The molecule has 0 saturated heterocycles. The van der Waals surface area contributed by atoms with Crippen LogP contribution in [0.4, 0.5) is 13.2 Å². The van der Waals surface area contributed by atoms with Crippen molar-refractivity contribution in [2.24, 2.45) is 0 Å². The van der Waals surface area contributed by atoms with Gasteiger partial charge in [-0.15, -0.1) is 0 Å². The van der Waals surface area contributed by atoms with Crippen LogP contribution in [0.1, 0.15) is 15.9 Å². The molecular formula is C17H12F3NO3. The summed E-state index contributed by atoms with van der Waals surface area (Å²) in [6.07, 6.45) is -3.88. The summed E-state index contributed by atoms with van der Waals surface area (Å²) >= 11 is 0. The van der Waals surface area contributed by atoms with Crippen LogP contribution in [0.5, 0.6) is 11.5 Å². The molecule has 0 radical (unpaired) electrons. The number of methoxy groups -OCH3 is 1. The Morgan fingerprint density at radius 3 is 2.58 bits per heavy atom. The largest absolute Gasteiger partial charge is 0.495 e. The highest BCUT2D eigenvalue weighted by molar-refractivity contribution is 5.86. The van der Waals surface area contributed by atoms with Gasteiger partial charge in [-0.2, -0.15) is 18.4 Å². The van der Waals surface area contributed by atoms with Gasteiger partial charge in [-0.05, 0) is 29.8 Å². The molecule has 0 saturated carbocycles. The molecule has 0 heterocycles. The zero-order chi connectivity index (χ0) is 17.7. The smallest absolute Gasteiger partial charge is 0.422 e. The Morgan fingerprint density at radius 1 is 1.25 bits per heavy atom. The normalized spacial score (nSPS) is 10.8. The minimum atomic E-state index is -4.49. The van der Waals surface area contributed by atoms with Gasteiger partial charge in [0.25, 0.3) is 0 Å². The second-order valence-corrected chi connectivity index (χ2v) is 4.81. The molecule has 0 spiro atoms. The lowest BCUT2D eigenvalue weighted by atomic mass is 9.99. The molecular weight excluding hydrogens is 323 g/mol. The second-order valence-electron chi connectivity index (χ2n) is 4.81. The van der Waals surface area contributed by atoms with Gasteiger partial charge >= 0.3 is 6.18 Å². The first-order chi connectivity index (χ1) is 11.4. The van der Waals surface area contributed by atoms with Gasteiger partial charge in [-0.1, -0.05) is 12.1 Å². The van der Waals surface area contributed by atoms with Gasteiger partial charge in [-0.3, -0.25) is 4.79 Å². The highest BCUT2D eigenvalue weighted by Crippen LogP contribution is 2.35. The summed E-state index contributed by atoms with van der Waals surface area (Å²) in [6, 6.07) is 10.7. The van der Waals surface area contributed by atoms with Crippen molar-refractivity contribution in [2.45, 2.75) is 6.18 Å². The number of hydrogen-bond acceptors (Lipinski definition) is 4. The van der Waals surface area contributed by atoms with E-state index >= 15 is 0 Å². The maximum absolute atomic E-state index is 12.3. The van der Waals surface area contributed by atoms with Crippen molar-refractivity contribution in [3.05, 3.63) is 47.5 Å². The molecule has 0 aliphatic rings. The first-order valence-electron chi connectivity index (χ1n) is 6.75. The Balaban J connectivity index is 2.51. The molecule has 4 nitrogen and oxygen atoms in total. The molecule has 2 aromatic rings. The van der Waals surface area contributed by atoms with E-state index < -0.39 is 12.8 Å². The summed E-state index contributed by atoms with van der Waals surface area (Å²) < 4.78 is 46.9. The molecule has 124 valence electrons. The summed E-state index contributed by atoms with van der Waals surface area (Å²) in [4.78, 5) is 11.1. The number of alkyl halides is 3. The van der Waals surface area contributed by atoms with Gasteiger partial charge in [0, 0.05) is 5.56 Å². The number of carbonyl (C=O) groups excluding carboxylic acids is 1. The molecule has 0 fully saturated rings. The summed E-state index contributed by atoms with van der Waals surface area (Å²) in [5.74, 6) is 0.171. The first-order valence-corrected chi connectivity index (χ1v) is 6.75. The predicted molar refractivity (Wildman–Crippen MR) is 80.1 cm³/mol. The Labute approximate surface area is 136 Å². The van der Waals surface area contributed by atoms with Crippen molar-refractivity contribution in [1.29, 1.82) is 5.26 Å². The first kappa shape index (κ1) is 17.3. The fourth-order valence-corrected chi connectivity index (χ4v) is 2.17. The van der Waals surface area contributed by atoms with E-state index in [0.29, 0.717) is 17.4 Å². The molecule has 0 aromatic heterocycles. The van der Waals surface area contributed by atoms with E-state index in [2.05, 4.69) is 0 Å². The third-order valence-corrected chi connectivity index (χ3v) is 3.13. The SMILES string of the molecule is COc1c(C=O)cccc1-c1cc(C#N)cc(OCC(F)(F)F)c1. The topological polar surface area (TPSA) is 59.3 Å². The van der Waals surface area contributed by atoms with E-state index in [1.807, 2.05) is 6.07 Å². The number of aldehydes is 1. The molecule has 0 unspecified atom stereocenters. The van der Waals surface area contributed by atoms with E-state index in [0.717, 1.165) is 0 Å². The van der Waals surface area contributed by atoms with Gasteiger partial charge in [0.2, 0.25) is 0 Å². The number of benzene rings is 2. The van der Waals surface area contributed by atoms with Crippen molar-refractivity contribution in [3.63, 3.8) is 0 Å². The van der Waals surface area contributed by atoms with Crippen LogP contribution in [-0.4, -0.2) is 26.2 Å². The molecule has 0 amide bonds. The van der Waals surface area contributed by atoms with Crippen LogP contribution in [0.25, 0.3) is 11.1 Å². The van der Waals surface area contributed by atoms with E-state index in [-0.39, 0.29) is 22.6 Å². The van der Waals surface area contributed by atoms with Crippen molar-refractivity contribution in [3.8, 4) is 28.7 Å². The molecule has 2 aromatic carbocycles. The average molecular weight is 335 g/mol. The van der Waals surface area contributed by atoms with Gasteiger partial charge in [0.05, 0.1) is 24.3 Å². The highest BCUT2D eigenvalue weighted by atomic mass is 19.4. The van der Waals surface area contributed by atoms with E-state index in [1.165, 1.54) is 25.3 Å². The quantitative estimate of drug-likeness (QED) is 0.775. The average Bonchev–Trinajstić information content (AvgIpc) is 2.58. The number of ether oxygens (including phenoxy) is 2. The predicted octanol–water partition coefficient (Wildman–Crippen LogP) is 3.99. The summed E-state index contributed by atoms with van der Waals surface area (Å²) in [5.41, 5.74) is 1.29. The number of nitriles is 1. The number of hydrogen-bond donors (Lipinski definition) is 0. The highest BCUT2D eigenvalue weighted by Gasteiger charge is 2.28. The third kappa shape index (κ3) is 4.04. The van der Waals surface area contributed by atoms with Crippen molar-refractivity contribution in [2.75, 3.05) is 13.7 Å². The summed E-state index contributed by atoms with van der Waals surface area (Å²) in [6.45, 7) is -1.47. The van der Waals surface area contributed by atoms with Crippen molar-refractivity contribution < 1.29 is 27.4 Å². The molecule has 0 bridgehead atoms. The Kier molecular flexibility index (Phi) is 5.09. The van der Waals surface area contributed by atoms with Gasteiger partial charge in [-0.25, -0.2) is 0 Å². The molecule has 0 atom stereocenters. The van der Waals surface area contributed by atoms with Gasteiger partial charge in [0.15, 0.2) is 12.9 Å². The van der Waals surface area contributed by atoms with Crippen LogP contribution in [0, 0.1) is 11.3 Å². The van der Waals surface area contributed by atoms with Crippen LogP contribution in [0.15, 0.2) is 36.4 Å². The Morgan fingerprint density at radius 2 is 2.00 bits per heavy atom. The van der Waals surface area contributed by atoms with Crippen LogP contribution < -0.4 is 9.47 Å². The minimum Gasteiger partial charge on any atom is -0.495 e. The lowest BCUT2D eigenvalue weighted by Crippen LogP contribution is -2.19. The van der Waals surface area contributed by atoms with E-state index in [1.54, 1.807) is 18.2 Å². The minimum absolute atomic E-state index is 0.0973. The number of para-hydroxylation sites is 1. The second kappa shape index (κ2) is 7.04. The molecule has 0 aliphatic heterocycles. The van der Waals surface area contributed by atoms with Gasteiger partial charge in [0.1, 0.15) is 11.5 Å². The number of rotatable bonds is 5. The third-order valence-electron chi connectivity index (χ3n) is 3.13. The molecule has 7 heteroatoms. The fraction of sp³-hybridized carbons (Fsp3) is 0.176. The molecule has 2 rings (SSSR count). The fourth-order valence-electron chi connectivity index (χ4n) is 2.17. The molecule has 0 N–H and O–H groups in total. The lowest BCUT2D eigenvalue weighted by Gasteiger charge is -2.14. The zero-order valence-electron chi connectivity index (χ0n) is 12.6. The molecule has 24 heavy (non-hydrogen) atoms. The van der Waals surface area contributed by atoms with Gasteiger partial charge < -0.3 is 9.47 Å². The Bertz CT molecular complexity index is 795. The summed E-state index contributed by atoms with van der Waals surface area (Å²) in [7, 11) is 1.38. The van der Waals surface area contributed by atoms with Crippen LogP contribution in [-0.2, 0) is 0 Å². The van der Waals surface area contributed by atoms with Crippen molar-refractivity contribution in [1.82, 2.24) is 0 Å². The zero-order valence-corrected chi connectivity index (χ0v) is 12.6. The maximum Gasteiger partial charge on any atom is 0.422 e. The van der Waals surface area contributed by atoms with Crippen LogP contribution in [0.3, 0.4) is 0 Å². The maximum atomic E-state index is 12.3. The molecule has 0 aliphatic carbocycles. The van der Waals surface area contributed by atoms with E-state index in [9.17, 15) is 18.0 Å². The number of halogens is 3.